The van der Waals surface area contributed by atoms with Gasteiger partial charge in [0.15, 0.2) is 0 Å². The molecule has 0 unspecified atom stereocenters. The molecule has 1 aliphatic heterocycles. The highest BCUT2D eigenvalue weighted by molar-refractivity contribution is 6.58. The number of fused-ring (bicyclic) bond motifs is 3. The number of phenolic OH excluding ortho intramolecular Hbond substituents is 3. The molecule has 0 fully saturated rings. The van der Waals surface area contributed by atoms with Gasteiger partial charge in [-0.15, -0.1) is 23.2 Å². The van der Waals surface area contributed by atoms with E-state index in [0.717, 1.165) is 85.1 Å². The second-order valence-electron chi connectivity index (χ2n) is 24.3. The number of alkyl halides is 2. The number of aryl methyl sites for hydroxylation is 2. The maximum atomic E-state index is 10.8. The van der Waals surface area contributed by atoms with Gasteiger partial charge in [-0.05, 0) is 127 Å². The van der Waals surface area contributed by atoms with Gasteiger partial charge in [0.05, 0.1) is 5.34 Å². The second-order valence-corrected chi connectivity index (χ2v) is 28.3. The molecule has 0 saturated carbocycles. The first kappa shape index (κ1) is 66.1. The van der Waals surface area contributed by atoms with Crippen molar-refractivity contribution < 1.29 is 20.1 Å². The average molecular weight is 1050 g/mol. The predicted molar refractivity (Wildman–Crippen MR) is 320 cm³/mol. The van der Waals surface area contributed by atoms with Crippen molar-refractivity contribution in [1.82, 2.24) is 0 Å². The van der Waals surface area contributed by atoms with Gasteiger partial charge >= 0.3 is 0 Å². The molecule has 3 N–H and O–H groups in total. The average Bonchev–Trinajstić information content (AvgIpc) is 3.27. The molecule has 2 aliphatic carbocycles. The molecule has 7 heteroatoms. The van der Waals surface area contributed by atoms with Crippen LogP contribution in [0.3, 0.4) is 0 Å². The maximum Gasteiger partial charge on any atom is 0.262 e. The van der Waals surface area contributed by atoms with Crippen LogP contribution in [-0.4, -0.2) is 40.4 Å². The van der Waals surface area contributed by atoms with Crippen molar-refractivity contribution in [3.05, 3.63) is 82.0 Å². The van der Waals surface area contributed by atoms with Crippen molar-refractivity contribution in [2.75, 3.05) is 5.34 Å². The Kier molecular flexibility index (Phi) is 33.1. The third-order valence-corrected chi connectivity index (χ3v) is 20.3. The van der Waals surface area contributed by atoms with Crippen LogP contribution in [0.2, 0.25) is 15.8 Å². The zero-order chi connectivity index (χ0) is 53.8. The molecular weight excluding hydrogens is 943 g/mol. The third kappa shape index (κ3) is 24.8. The summed E-state index contributed by atoms with van der Waals surface area (Å²) < 4.78 is 6.44. The lowest BCUT2D eigenvalue weighted by molar-refractivity contribution is 0.0107. The smallest absolute Gasteiger partial charge is 0.262 e. The van der Waals surface area contributed by atoms with Crippen molar-refractivity contribution in [3.8, 4) is 23.0 Å². The van der Waals surface area contributed by atoms with Crippen LogP contribution in [-0.2, 0) is 12.8 Å². The van der Waals surface area contributed by atoms with Crippen molar-refractivity contribution in [2.45, 2.75) is 265 Å². The van der Waals surface area contributed by atoms with E-state index >= 15 is 0 Å². The van der Waals surface area contributed by atoms with Gasteiger partial charge in [-0.3, -0.25) is 0 Å². The summed E-state index contributed by atoms with van der Waals surface area (Å²) in [6.45, 7) is 33.7. The molecule has 5 rings (SSSR count). The SMILES string of the molecule is C=C(C)[C@@H]1CCC(C)=C[C@H]1c1c(O)cc(CCCCCCCCCC)cc1O.CC(C)[CH2][Al]([CH2]C(C)C)[CH2]C(C)C.CCCCCCCCCCc1cc(O)c2c(c1)OC(C)(C)[C@@H]1CCC(C)=C[C@@H]21.ClCCl. The van der Waals surface area contributed by atoms with E-state index in [1.165, 1.54) is 113 Å². The Morgan fingerprint density at radius 1 is 0.611 bits per heavy atom. The van der Waals surface area contributed by atoms with Crippen LogP contribution in [0.25, 0.3) is 0 Å². The van der Waals surface area contributed by atoms with Crippen molar-refractivity contribution in [1.29, 1.82) is 0 Å². The van der Waals surface area contributed by atoms with Crippen LogP contribution in [0.4, 0.5) is 0 Å². The standard InChI is InChI=1S/2C26H40O2.3C4H9.CH2Cl2.Al/c1-5-6-7-8-9-10-11-12-13-20-17-23(27)25-21-16-19(2)14-15-22(21)26(3,4)28-24(25)18-20;1-5-6-7-8-9-10-11-12-13-21-17-24(27)26(25(28)18-21)23-16-20(4)14-15-22(23)19(2)3;3*1-4(2)3;2-1-3;/h16-18,21-22,27H,5-15H2,1-4H3;16-18,22-23,27-28H,2,5-15H2,1,3-4H3;3*4H,1H2,2-3H3;1H2;/t21-,22-;22-,23+;;;;;/m10...../s1. The minimum absolute atomic E-state index is 0.0171. The van der Waals surface area contributed by atoms with Crippen LogP contribution < -0.4 is 4.74 Å². The molecular formula is C65H109AlCl2O4. The van der Waals surface area contributed by atoms with Crippen molar-refractivity contribution in [2.24, 2.45) is 29.6 Å². The number of allylic oxidation sites excluding steroid dienone is 5. The number of unbranched alkanes of at least 4 members (excludes halogenated alkanes) is 14. The lowest BCUT2D eigenvalue weighted by Crippen LogP contribution is -2.45. The van der Waals surface area contributed by atoms with Gasteiger partial charge < -0.3 is 20.1 Å². The summed E-state index contributed by atoms with van der Waals surface area (Å²) in [4.78, 5) is 0. The number of aromatic hydroxyl groups is 3. The number of benzene rings is 2. The van der Waals surface area contributed by atoms with Gasteiger partial charge in [0, 0.05) is 28.9 Å². The summed E-state index contributed by atoms with van der Waals surface area (Å²) in [5.74, 6) is 5.60. The van der Waals surface area contributed by atoms with E-state index in [1.807, 2.05) is 18.2 Å². The molecule has 3 aliphatic rings. The van der Waals surface area contributed by atoms with E-state index in [2.05, 4.69) is 115 Å². The molecule has 410 valence electrons. The Morgan fingerprint density at radius 3 is 1.40 bits per heavy atom. The van der Waals surface area contributed by atoms with Gasteiger partial charge in [0.25, 0.3) is 14.1 Å². The molecule has 4 nitrogen and oxygen atoms in total. The topological polar surface area (TPSA) is 69.9 Å². The molecule has 0 bridgehead atoms. The fraction of sp³-hybridized carbons (Fsp3) is 0.723. The summed E-state index contributed by atoms with van der Waals surface area (Å²) >= 11 is 9.12. The lowest BCUT2D eigenvalue weighted by atomic mass is 9.68. The van der Waals surface area contributed by atoms with Gasteiger partial charge in [0.1, 0.15) is 28.6 Å². The summed E-state index contributed by atoms with van der Waals surface area (Å²) in [7, 11) is 0. The van der Waals surface area contributed by atoms with Crippen molar-refractivity contribution in [3.63, 3.8) is 0 Å². The highest BCUT2D eigenvalue weighted by Gasteiger charge is 2.45. The Balaban J connectivity index is 0.000000383. The number of hydrogen-bond donors (Lipinski definition) is 3. The monoisotopic (exact) mass is 1050 g/mol. The van der Waals surface area contributed by atoms with Crippen LogP contribution in [0.1, 0.15) is 253 Å². The first-order valence-corrected chi connectivity index (χ1v) is 32.9. The summed E-state index contributed by atoms with van der Waals surface area (Å²) in [6.07, 6.45) is 31.8. The fourth-order valence-electron chi connectivity index (χ4n) is 12.0. The number of hydrogen-bond acceptors (Lipinski definition) is 4. The zero-order valence-electron chi connectivity index (χ0n) is 48.7. The molecule has 0 amide bonds. The minimum Gasteiger partial charge on any atom is -0.507 e. The number of rotatable bonds is 26. The lowest BCUT2D eigenvalue weighted by Gasteiger charge is -2.46. The molecule has 0 radical (unpaired) electrons. The van der Waals surface area contributed by atoms with Crippen molar-refractivity contribution >= 4 is 37.4 Å². The Labute approximate surface area is 459 Å². The van der Waals surface area contributed by atoms with Crippen LogP contribution in [0.15, 0.2) is 59.7 Å². The molecule has 72 heavy (non-hydrogen) atoms. The van der Waals surface area contributed by atoms with Gasteiger partial charge in [0.2, 0.25) is 0 Å². The highest BCUT2D eigenvalue weighted by Crippen LogP contribution is 2.53. The molecule has 0 spiro atoms. The van der Waals surface area contributed by atoms with E-state index < -0.39 is 14.1 Å². The number of ether oxygens (including phenoxy) is 1. The Hall–Kier alpha value is -2.03. The van der Waals surface area contributed by atoms with E-state index in [4.69, 9.17) is 27.9 Å². The second kappa shape index (κ2) is 36.1. The van der Waals surface area contributed by atoms with Gasteiger partial charge in [-0.1, -0.05) is 214 Å². The van der Waals surface area contributed by atoms with Gasteiger partial charge in [-0.2, -0.15) is 0 Å². The summed E-state index contributed by atoms with van der Waals surface area (Å²) in [5.41, 5.74) is 7.64. The van der Waals surface area contributed by atoms with E-state index in [1.54, 1.807) is 15.8 Å². The number of phenols is 3. The highest BCUT2D eigenvalue weighted by atomic mass is 35.5. The Morgan fingerprint density at radius 2 is 0.986 bits per heavy atom. The molecule has 1 heterocycles. The van der Waals surface area contributed by atoms with E-state index in [0.29, 0.717) is 17.2 Å². The molecule has 2 aromatic rings. The predicted octanol–water partition coefficient (Wildman–Crippen LogP) is 21.4. The van der Waals surface area contributed by atoms with Crippen LogP contribution in [0, 0.1) is 29.6 Å². The maximum absolute atomic E-state index is 10.8. The number of halogens is 2. The Bertz CT molecular complexity index is 1830. The van der Waals surface area contributed by atoms with Crippen LogP contribution >= 0.6 is 23.2 Å². The molecule has 0 aromatic heterocycles. The quantitative estimate of drug-likeness (QED) is 0.0380. The molecule has 2 aromatic carbocycles. The van der Waals surface area contributed by atoms with E-state index in [-0.39, 0.29) is 40.2 Å². The summed E-state index contributed by atoms with van der Waals surface area (Å²) in [5, 5.41) is 37.1. The third-order valence-electron chi connectivity index (χ3n) is 15.5. The minimum atomic E-state index is -0.407. The molecule has 0 saturated heterocycles. The normalized spacial score (nSPS) is 18.8. The molecule has 4 atom stereocenters. The summed E-state index contributed by atoms with van der Waals surface area (Å²) in [6, 6.07) is 7.93. The van der Waals surface area contributed by atoms with Crippen LogP contribution in [0.5, 0.6) is 23.0 Å². The largest absolute Gasteiger partial charge is 0.507 e. The van der Waals surface area contributed by atoms with Gasteiger partial charge in [-0.25, -0.2) is 0 Å². The first-order chi connectivity index (χ1) is 34.2. The first-order valence-electron chi connectivity index (χ1n) is 29.4. The zero-order valence-corrected chi connectivity index (χ0v) is 51.3. The fourth-order valence-corrected chi connectivity index (χ4v) is 16.6. The van der Waals surface area contributed by atoms with E-state index in [9.17, 15) is 15.3 Å².